The van der Waals surface area contributed by atoms with E-state index in [1.807, 2.05) is 31.0 Å². The Bertz CT molecular complexity index is 618. The van der Waals surface area contributed by atoms with Crippen LogP contribution in [0.25, 0.3) is 0 Å². The standard InChI is InChI=1S/C14H17N5O2/c1-3-16-13-8-12(19(20)21)9-14(17-13)18(2)10-11-4-6-15-7-5-11/h4-9H,3,10H2,1-2H3,(H,16,17). The Morgan fingerprint density at radius 3 is 2.67 bits per heavy atom. The highest BCUT2D eigenvalue weighted by Crippen LogP contribution is 2.23. The van der Waals surface area contributed by atoms with Crippen molar-refractivity contribution in [2.75, 3.05) is 23.8 Å². The Hall–Kier alpha value is -2.70. The van der Waals surface area contributed by atoms with Crippen LogP contribution in [0.5, 0.6) is 0 Å². The molecule has 0 aliphatic heterocycles. The third kappa shape index (κ3) is 3.88. The van der Waals surface area contributed by atoms with Crippen molar-refractivity contribution >= 4 is 17.3 Å². The maximum absolute atomic E-state index is 11.0. The SMILES string of the molecule is CCNc1cc([N+](=O)[O-])cc(N(C)Cc2ccncc2)n1. The largest absolute Gasteiger partial charge is 0.370 e. The minimum absolute atomic E-state index is 0.0255. The topological polar surface area (TPSA) is 84.2 Å². The highest BCUT2D eigenvalue weighted by atomic mass is 16.6. The summed E-state index contributed by atoms with van der Waals surface area (Å²) in [5.74, 6) is 1.06. The predicted molar refractivity (Wildman–Crippen MR) is 81.4 cm³/mol. The van der Waals surface area contributed by atoms with Crippen LogP contribution in [0.4, 0.5) is 17.3 Å². The first-order valence-electron chi connectivity index (χ1n) is 6.60. The molecule has 0 atom stereocenters. The van der Waals surface area contributed by atoms with E-state index in [9.17, 15) is 10.1 Å². The summed E-state index contributed by atoms with van der Waals surface area (Å²) >= 11 is 0. The predicted octanol–water partition coefficient (Wildman–Crippen LogP) is 2.45. The van der Waals surface area contributed by atoms with Gasteiger partial charge in [-0.05, 0) is 24.6 Å². The Morgan fingerprint density at radius 1 is 1.33 bits per heavy atom. The number of aromatic nitrogens is 2. The maximum Gasteiger partial charge on any atom is 0.276 e. The second-order valence-electron chi connectivity index (χ2n) is 4.57. The Labute approximate surface area is 122 Å². The first-order chi connectivity index (χ1) is 10.1. The minimum atomic E-state index is -0.410. The Balaban J connectivity index is 2.26. The lowest BCUT2D eigenvalue weighted by Crippen LogP contribution is -2.18. The molecule has 0 aliphatic carbocycles. The Morgan fingerprint density at radius 2 is 2.05 bits per heavy atom. The van der Waals surface area contributed by atoms with Crippen molar-refractivity contribution in [3.8, 4) is 0 Å². The van der Waals surface area contributed by atoms with E-state index in [0.717, 1.165) is 5.56 Å². The Kier molecular flexibility index (Phi) is 4.65. The summed E-state index contributed by atoms with van der Waals surface area (Å²) in [4.78, 5) is 20.8. The summed E-state index contributed by atoms with van der Waals surface area (Å²) in [6.45, 7) is 3.17. The summed E-state index contributed by atoms with van der Waals surface area (Å²) in [6, 6.07) is 6.72. The number of nitrogens with zero attached hydrogens (tertiary/aromatic N) is 4. The lowest BCUT2D eigenvalue weighted by molar-refractivity contribution is -0.384. The third-order valence-electron chi connectivity index (χ3n) is 2.93. The molecule has 0 saturated carbocycles. The van der Waals surface area contributed by atoms with Crippen molar-refractivity contribution in [2.45, 2.75) is 13.5 Å². The molecule has 0 saturated heterocycles. The fourth-order valence-corrected chi connectivity index (χ4v) is 1.92. The number of anilines is 2. The molecule has 2 rings (SSSR count). The van der Waals surface area contributed by atoms with E-state index < -0.39 is 4.92 Å². The van der Waals surface area contributed by atoms with Gasteiger partial charge in [0.15, 0.2) is 0 Å². The zero-order valence-electron chi connectivity index (χ0n) is 12.0. The smallest absolute Gasteiger partial charge is 0.276 e. The van der Waals surface area contributed by atoms with Gasteiger partial charge in [0.2, 0.25) is 0 Å². The van der Waals surface area contributed by atoms with E-state index in [-0.39, 0.29) is 5.69 Å². The molecule has 0 radical (unpaired) electrons. The normalized spacial score (nSPS) is 10.2. The number of rotatable bonds is 6. The van der Waals surface area contributed by atoms with Crippen molar-refractivity contribution in [2.24, 2.45) is 0 Å². The number of nitro groups is 1. The van der Waals surface area contributed by atoms with Crippen LogP contribution in [0.3, 0.4) is 0 Å². The summed E-state index contributed by atoms with van der Waals surface area (Å²) in [5, 5.41) is 14.0. The molecule has 2 aromatic heterocycles. The minimum Gasteiger partial charge on any atom is -0.370 e. The average Bonchev–Trinajstić information content (AvgIpc) is 2.48. The third-order valence-corrected chi connectivity index (χ3v) is 2.93. The molecule has 110 valence electrons. The molecule has 0 aliphatic rings. The molecule has 0 aromatic carbocycles. The molecule has 2 heterocycles. The first kappa shape index (κ1) is 14.7. The second kappa shape index (κ2) is 6.65. The van der Waals surface area contributed by atoms with Gasteiger partial charge < -0.3 is 10.2 Å². The number of hydrogen-bond acceptors (Lipinski definition) is 6. The van der Waals surface area contributed by atoms with Crippen LogP contribution in [0.15, 0.2) is 36.7 Å². The van der Waals surface area contributed by atoms with Gasteiger partial charge in [0.05, 0.1) is 17.1 Å². The van der Waals surface area contributed by atoms with E-state index in [1.54, 1.807) is 12.4 Å². The molecule has 0 bridgehead atoms. The molecular formula is C14H17N5O2. The highest BCUT2D eigenvalue weighted by Gasteiger charge is 2.13. The first-order valence-corrected chi connectivity index (χ1v) is 6.60. The fraction of sp³-hybridized carbons (Fsp3) is 0.286. The average molecular weight is 287 g/mol. The summed E-state index contributed by atoms with van der Waals surface area (Å²) in [7, 11) is 1.85. The summed E-state index contributed by atoms with van der Waals surface area (Å²) in [5.41, 5.74) is 1.09. The van der Waals surface area contributed by atoms with E-state index in [0.29, 0.717) is 24.7 Å². The lowest BCUT2D eigenvalue weighted by atomic mass is 10.2. The quantitative estimate of drug-likeness (QED) is 0.649. The molecule has 2 aromatic rings. The molecule has 0 fully saturated rings. The monoisotopic (exact) mass is 287 g/mol. The van der Waals surface area contributed by atoms with E-state index >= 15 is 0 Å². The zero-order chi connectivity index (χ0) is 15.2. The number of nitrogens with one attached hydrogen (secondary N) is 1. The highest BCUT2D eigenvalue weighted by molar-refractivity contribution is 5.55. The van der Waals surface area contributed by atoms with Crippen molar-refractivity contribution in [3.05, 3.63) is 52.3 Å². The van der Waals surface area contributed by atoms with Crippen molar-refractivity contribution in [3.63, 3.8) is 0 Å². The molecule has 7 nitrogen and oxygen atoms in total. The van der Waals surface area contributed by atoms with Crippen LogP contribution < -0.4 is 10.2 Å². The van der Waals surface area contributed by atoms with Crippen LogP contribution in [0.2, 0.25) is 0 Å². The fourth-order valence-electron chi connectivity index (χ4n) is 1.92. The molecular weight excluding hydrogens is 270 g/mol. The van der Waals surface area contributed by atoms with Crippen LogP contribution in [0.1, 0.15) is 12.5 Å². The summed E-state index contributed by atoms with van der Waals surface area (Å²) < 4.78 is 0. The second-order valence-corrected chi connectivity index (χ2v) is 4.57. The van der Waals surface area contributed by atoms with Crippen molar-refractivity contribution < 1.29 is 4.92 Å². The van der Waals surface area contributed by atoms with Crippen LogP contribution in [0, 0.1) is 10.1 Å². The van der Waals surface area contributed by atoms with Crippen LogP contribution in [-0.4, -0.2) is 28.5 Å². The van der Waals surface area contributed by atoms with Gasteiger partial charge in [-0.2, -0.15) is 0 Å². The number of pyridine rings is 2. The number of hydrogen-bond donors (Lipinski definition) is 1. The molecule has 21 heavy (non-hydrogen) atoms. The van der Waals surface area contributed by atoms with Gasteiger partial charge in [-0.1, -0.05) is 0 Å². The lowest BCUT2D eigenvalue weighted by Gasteiger charge is -2.19. The van der Waals surface area contributed by atoms with Crippen molar-refractivity contribution in [1.82, 2.24) is 9.97 Å². The molecule has 1 N–H and O–H groups in total. The summed E-state index contributed by atoms with van der Waals surface area (Å²) in [6.07, 6.45) is 3.43. The van der Waals surface area contributed by atoms with Crippen LogP contribution in [-0.2, 0) is 6.54 Å². The van der Waals surface area contributed by atoms with Gasteiger partial charge in [-0.3, -0.25) is 15.1 Å². The van der Waals surface area contributed by atoms with Gasteiger partial charge in [0.1, 0.15) is 11.6 Å². The van der Waals surface area contributed by atoms with E-state index in [1.165, 1.54) is 12.1 Å². The molecule has 0 amide bonds. The van der Waals surface area contributed by atoms with Crippen LogP contribution >= 0.6 is 0 Å². The molecule has 7 heteroatoms. The molecule has 0 spiro atoms. The van der Waals surface area contributed by atoms with Gasteiger partial charge in [0, 0.05) is 32.5 Å². The van der Waals surface area contributed by atoms with E-state index in [2.05, 4.69) is 15.3 Å². The van der Waals surface area contributed by atoms with Crippen molar-refractivity contribution in [1.29, 1.82) is 0 Å². The zero-order valence-corrected chi connectivity index (χ0v) is 12.0. The van der Waals surface area contributed by atoms with Gasteiger partial charge in [0.25, 0.3) is 5.69 Å². The van der Waals surface area contributed by atoms with Gasteiger partial charge >= 0.3 is 0 Å². The maximum atomic E-state index is 11.0. The molecule has 0 unspecified atom stereocenters. The van der Waals surface area contributed by atoms with Gasteiger partial charge in [-0.25, -0.2) is 4.98 Å². The van der Waals surface area contributed by atoms with E-state index in [4.69, 9.17) is 0 Å². The van der Waals surface area contributed by atoms with Gasteiger partial charge in [-0.15, -0.1) is 0 Å².